The topological polar surface area (TPSA) is 82.1 Å². The van der Waals surface area contributed by atoms with E-state index in [1.165, 1.54) is 0 Å². The average molecular weight is 326 g/mol. The van der Waals surface area contributed by atoms with Crippen molar-refractivity contribution in [2.24, 2.45) is 7.05 Å². The van der Waals surface area contributed by atoms with Crippen molar-refractivity contribution in [2.45, 2.75) is 12.6 Å². The fraction of sp³-hybridized carbons (Fsp3) is 0.375. The fourth-order valence-electron chi connectivity index (χ4n) is 2.86. The van der Waals surface area contributed by atoms with E-state index in [1.807, 2.05) is 31.3 Å². The summed E-state index contributed by atoms with van der Waals surface area (Å²) in [4.78, 5) is 6.41. The van der Waals surface area contributed by atoms with E-state index in [0.717, 1.165) is 42.5 Å². The number of hydrogen-bond acceptors (Lipinski definition) is 7. The second-order valence-corrected chi connectivity index (χ2v) is 5.76. The van der Waals surface area contributed by atoms with Gasteiger partial charge in [0.1, 0.15) is 17.6 Å². The minimum absolute atomic E-state index is 0.119. The van der Waals surface area contributed by atoms with Gasteiger partial charge in [0, 0.05) is 38.1 Å². The van der Waals surface area contributed by atoms with Crippen molar-refractivity contribution in [1.82, 2.24) is 30.1 Å². The largest absolute Gasteiger partial charge is 0.460 e. The van der Waals surface area contributed by atoms with E-state index >= 15 is 0 Å². The molecule has 4 heterocycles. The van der Waals surface area contributed by atoms with Crippen molar-refractivity contribution >= 4 is 0 Å². The summed E-state index contributed by atoms with van der Waals surface area (Å²) in [6.07, 6.45) is 3.43. The van der Waals surface area contributed by atoms with Crippen LogP contribution in [-0.4, -0.2) is 49.8 Å². The first-order chi connectivity index (χ1) is 11.8. The van der Waals surface area contributed by atoms with E-state index in [4.69, 9.17) is 9.15 Å². The molecule has 0 aliphatic carbocycles. The number of morpholine rings is 1. The number of tetrazole rings is 1. The molecular weight excluding hydrogens is 308 g/mol. The number of furan rings is 1. The molecule has 0 amide bonds. The monoisotopic (exact) mass is 326 g/mol. The highest BCUT2D eigenvalue weighted by atomic mass is 16.5. The molecule has 1 fully saturated rings. The molecular formula is C16H18N6O2. The van der Waals surface area contributed by atoms with Gasteiger partial charge in [-0.2, -0.15) is 0 Å². The molecule has 124 valence electrons. The van der Waals surface area contributed by atoms with Crippen LogP contribution in [0.3, 0.4) is 0 Å². The lowest BCUT2D eigenvalue weighted by atomic mass is 10.2. The molecule has 1 unspecified atom stereocenters. The SMILES string of the molecule is Cn1nnnc1C1CN(Cc2ccc(-c3cccnc3)o2)CCO1. The van der Waals surface area contributed by atoms with Gasteiger partial charge in [0.05, 0.1) is 13.2 Å². The van der Waals surface area contributed by atoms with Gasteiger partial charge in [-0.05, 0) is 34.7 Å². The molecule has 3 aromatic heterocycles. The van der Waals surface area contributed by atoms with Crippen LogP contribution in [-0.2, 0) is 18.3 Å². The van der Waals surface area contributed by atoms with Crippen LogP contribution >= 0.6 is 0 Å². The minimum Gasteiger partial charge on any atom is -0.460 e. The lowest BCUT2D eigenvalue weighted by molar-refractivity contribution is -0.0405. The summed E-state index contributed by atoms with van der Waals surface area (Å²) >= 11 is 0. The lowest BCUT2D eigenvalue weighted by Gasteiger charge is -2.31. The van der Waals surface area contributed by atoms with Gasteiger partial charge in [0.25, 0.3) is 0 Å². The molecule has 8 nitrogen and oxygen atoms in total. The maximum absolute atomic E-state index is 5.95. The molecule has 8 heteroatoms. The van der Waals surface area contributed by atoms with Gasteiger partial charge in [0.15, 0.2) is 5.82 Å². The van der Waals surface area contributed by atoms with E-state index in [9.17, 15) is 0 Å². The molecule has 1 aliphatic heterocycles. The Morgan fingerprint density at radius 3 is 3.04 bits per heavy atom. The normalized spacial score (nSPS) is 18.8. The Balaban J connectivity index is 1.44. The van der Waals surface area contributed by atoms with Gasteiger partial charge in [-0.25, -0.2) is 4.68 Å². The molecule has 0 N–H and O–H groups in total. The summed E-state index contributed by atoms with van der Waals surface area (Å²) in [7, 11) is 1.82. The second-order valence-electron chi connectivity index (χ2n) is 5.76. The molecule has 4 rings (SSSR count). The van der Waals surface area contributed by atoms with Crippen LogP contribution in [0.25, 0.3) is 11.3 Å². The summed E-state index contributed by atoms with van der Waals surface area (Å²) < 4.78 is 13.4. The molecule has 1 saturated heterocycles. The second kappa shape index (κ2) is 6.50. The van der Waals surface area contributed by atoms with Crippen molar-refractivity contribution in [3.63, 3.8) is 0 Å². The van der Waals surface area contributed by atoms with Crippen LogP contribution in [0.1, 0.15) is 17.7 Å². The zero-order chi connectivity index (χ0) is 16.4. The number of pyridine rings is 1. The molecule has 0 aromatic carbocycles. The molecule has 0 saturated carbocycles. The Hall–Kier alpha value is -2.58. The van der Waals surface area contributed by atoms with Crippen LogP contribution in [0, 0.1) is 0 Å². The third-order valence-electron chi connectivity index (χ3n) is 4.08. The highest BCUT2D eigenvalue weighted by Gasteiger charge is 2.26. The highest BCUT2D eigenvalue weighted by Crippen LogP contribution is 2.24. The standard InChI is InChI=1S/C16H18N6O2/c1-21-16(18-19-20-21)15-11-22(7-8-23-15)10-13-4-5-14(24-13)12-3-2-6-17-9-12/h2-6,9,15H,7-8,10-11H2,1H3. The number of nitrogens with zero attached hydrogens (tertiary/aromatic N) is 6. The zero-order valence-corrected chi connectivity index (χ0v) is 13.4. The van der Waals surface area contributed by atoms with Crippen molar-refractivity contribution in [2.75, 3.05) is 19.7 Å². The van der Waals surface area contributed by atoms with Crippen molar-refractivity contribution < 1.29 is 9.15 Å². The first kappa shape index (κ1) is 15.0. The summed E-state index contributed by atoms with van der Waals surface area (Å²) in [5.74, 6) is 2.50. The van der Waals surface area contributed by atoms with Gasteiger partial charge in [-0.15, -0.1) is 5.10 Å². The van der Waals surface area contributed by atoms with E-state index in [-0.39, 0.29) is 6.10 Å². The molecule has 0 bridgehead atoms. The van der Waals surface area contributed by atoms with Gasteiger partial charge >= 0.3 is 0 Å². The van der Waals surface area contributed by atoms with Gasteiger partial charge < -0.3 is 9.15 Å². The van der Waals surface area contributed by atoms with E-state index in [0.29, 0.717) is 6.61 Å². The smallest absolute Gasteiger partial charge is 0.181 e. The number of rotatable bonds is 4. The zero-order valence-electron chi connectivity index (χ0n) is 13.4. The van der Waals surface area contributed by atoms with Crippen LogP contribution in [0.4, 0.5) is 0 Å². The average Bonchev–Trinajstić information content (AvgIpc) is 3.25. The Kier molecular flexibility index (Phi) is 4.06. The maximum Gasteiger partial charge on any atom is 0.181 e. The van der Waals surface area contributed by atoms with E-state index in [2.05, 4.69) is 25.4 Å². The Labute approximate surface area is 139 Å². The number of hydrogen-bond donors (Lipinski definition) is 0. The molecule has 0 radical (unpaired) electrons. The third kappa shape index (κ3) is 3.06. The predicted octanol–water partition coefficient (Wildman–Crippen LogP) is 1.44. The molecule has 1 atom stereocenters. The summed E-state index contributed by atoms with van der Waals surface area (Å²) in [6, 6.07) is 7.88. The molecule has 0 spiro atoms. The highest BCUT2D eigenvalue weighted by molar-refractivity contribution is 5.55. The molecule has 1 aliphatic rings. The molecule has 24 heavy (non-hydrogen) atoms. The van der Waals surface area contributed by atoms with Crippen molar-refractivity contribution in [3.8, 4) is 11.3 Å². The van der Waals surface area contributed by atoms with Gasteiger partial charge in [0.2, 0.25) is 0 Å². The van der Waals surface area contributed by atoms with E-state index in [1.54, 1.807) is 17.1 Å². The van der Waals surface area contributed by atoms with E-state index < -0.39 is 0 Å². The maximum atomic E-state index is 5.95. The lowest BCUT2D eigenvalue weighted by Crippen LogP contribution is -2.38. The Morgan fingerprint density at radius 2 is 2.25 bits per heavy atom. The summed E-state index contributed by atoms with van der Waals surface area (Å²) in [6.45, 7) is 2.96. The number of ether oxygens (including phenoxy) is 1. The first-order valence-electron chi connectivity index (χ1n) is 7.85. The number of aryl methyl sites for hydroxylation is 1. The fourth-order valence-corrected chi connectivity index (χ4v) is 2.86. The van der Waals surface area contributed by atoms with Crippen LogP contribution in [0.2, 0.25) is 0 Å². The number of aromatic nitrogens is 5. The van der Waals surface area contributed by atoms with Gasteiger partial charge in [-0.1, -0.05) is 0 Å². The Morgan fingerprint density at radius 1 is 1.29 bits per heavy atom. The first-order valence-corrected chi connectivity index (χ1v) is 7.85. The third-order valence-corrected chi connectivity index (χ3v) is 4.08. The summed E-state index contributed by atoms with van der Waals surface area (Å²) in [5.41, 5.74) is 0.980. The van der Waals surface area contributed by atoms with Crippen molar-refractivity contribution in [3.05, 3.63) is 48.2 Å². The van der Waals surface area contributed by atoms with Crippen LogP contribution in [0.5, 0.6) is 0 Å². The predicted molar refractivity (Wildman–Crippen MR) is 84.7 cm³/mol. The van der Waals surface area contributed by atoms with Gasteiger partial charge in [-0.3, -0.25) is 9.88 Å². The van der Waals surface area contributed by atoms with Crippen LogP contribution < -0.4 is 0 Å². The van der Waals surface area contributed by atoms with Crippen molar-refractivity contribution in [1.29, 1.82) is 0 Å². The minimum atomic E-state index is -0.119. The van der Waals surface area contributed by atoms with Crippen LogP contribution in [0.15, 0.2) is 41.1 Å². The summed E-state index contributed by atoms with van der Waals surface area (Å²) in [5, 5.41) is 11.6. The quantitative estimate of drug-likeness (QED) is 0.717. The Bertz CT molecular complexity index is 800. The molecule has 3 aromatic rings.